The van der Waals surface area contributed by atoms with E-state index in [0.717, 1.165) is 51.5 Å². The molecule has 6 nitrogen and oxygen atoms in total. The van der Waals surface area contributed by atoms with Gasteiger partial charge in [0.05, 0.1) is 6.61 Å². The molecule has 2 atom stereocenters. The molecule has 0 bridgehead atoms. The van der Waals surface area contributed by atoms with E-state index in [1.54, 1.807) is 19.0 Å². The molecule has 2 unspecified atom stereocenters. The lowest BCUT2D eigenvalue weighted by atomic mass is 9.76. The number of carbonyl (C=O) groups is 1. The van der Waals surface area contributed by atoms with Crippen molar-refractivity contribution < 1.29 is 9.53 Å². The normalized spacial score (nSPS) is 25.3. The molecular formula is C18H35IN4O2. The van der Waals surface area contributed by atoms with E-state index in [1.807, 2.05) is 0 Å². The number of piperidine rings is 1. The summed E-state index contributed by atoms with van der Waals surface area (Å²) in [6.45, 7) is 8.25. The minimum absolute atomic E-state index is 0. The molecule has 1 amide bonds. The number of likely N-dealkylation sites (N-methyl/N-ethyl adjacent to an activating group) is 1. The van der Waals surface area contributed by atoms with Crippen LogP contribution < -0.4 is 5.32 Å². The van der Waals surface area contributed by atoms with E-state index < -0.39 is 0 Å². The lowest BCUT2D eigenvalue weighted by Crippen LogP contribution is -2.54. The molecule has 2 rings (SSSR count). The Morgan fingerprint density at radius 2 is 2.08 bits per heavy atom. The molecule has 0 radical (unpaired) electrons. The zero-order valence-electron chi connectivity index (χ0n) is 16.2. The van der Waals surface area contributed by atoms with Crippen LogP contribution in [0.3, 0.4) is 0 Å². The zero-order valence-corrected chi connectivity index (χ0v) is 18.5. The van der Waals surface area contributed by atoms with Crippen molar-refractivity contribution in [3.05, 3.63) is 0 Å². The number of amides is 1. The molecule has 1 N–H and O–H groups in total. The first-order valence-electron chi connectivity index (χ1n) is 9.29. The second-order valence-electron chi connectivity index (χ2n) is 7.56. The van der Waals surface area contributed by atoms with Crippen LogP contribution in [0.2, 0.25) is 0 Å². The third kappa shape index (κ3) is 6.58. The molecule has 0 aromatic carbocycles. The second-order valence-corrected chi connectivity index (χ2v) is 7.56. The Morgan fingerprint density at radius 3 is 2.68 bits per heavy atom. The minimum Gasteiger partial charge on any atom is -0.381 e. The Bertz CT molecular complexity index is 445. The van der Waals surface area contributed by atoms with Crippen LogP contribution in [0.1, 0.15) is 46.0 Å². The van der Waals surface area contributed by atoms with Gasteiger partial charge in [0.25, 0.3) is 0 Å². The highest BCUT2D eigenvalue weighted by Crippen LogP contribution is 2.37. The van der Waals surface area contributed by atoms with E-state index in [0.29, 0.717) is 6.04 Å². The molecule has 0 aromatic rings. The van der Waals surface area contributed by atoms with Crippen LogP contribution in [-0.4, -0.2) is 74.7 Å². The fraction of sp³-hybridized carbons (Fsp3) is 0.889. The van der Waals surface area contributed by atoms with Gasteiger partial charge in [-0.2, -0.15) is 0 Å². The van der Waals surface area contributed by atoms with E-state index in [4.69, 9.17) is 4.74 Å². The number of halogens is 1. The van der Waals surface area contributed by atoms with Crippen LogP contribution in [0.25, 0.3) is 0 Å². The molecule has 2 heterocycles. The molecule has 2 aliphatic heterocycles. The first-order valence-corrected chi connectivity index (χ1v) is 9.29. The average molecular weight is 466 g/mol. The number of hydrogen-bond acceptors (Lipinski definition) is 3. The third-order valence-electron chi connectivity index (χ3n) is 5.22. The summed E-state index contributed by atoms with van der Waals surface area (Å²) in [6.07, 6.45) is 5.81. The van der Waals surface area contributed by atoms with Crippen LogP contribution in [0.5, 0.6) is 0 Å². The Kier molecular flexibility index (Phi) is 9.48. The number of rotatable bonds is 4. The van der Waals surface area contributed by atoms with Gasteiger partial charge in [0.1, 0.15) is 6.54 Å². The van der Waals surface area contributed by atoms with Crippen LogP contribution in [-0.2, 0) is 9.53 Å². The van der Waals surface area contributed by atoms with Gasteiger partial charge in [-0.1, -0.05) is 6.92 Å². The predicted octanol–water partition coefficient (Wildman–Crippen LogP) is 2.33. The summed E-state index contributed by atoms with van der Waals surface area (Å²) in [5.41, 5.74) is 0.264. The van der Waals surface area contributed by atoms with Gasteiger partial charge >= 0.3 is 0 Å². The number of guanidine groups is 1. The molecular weight excluding hydrogens is 431 g/mol. The van der Waals surface area contributed by atoms with Crippen molar-refractivity contribution in [2.24, 2.45) is 10.4 Å². The molecule has 2 fully saturated rings. The van der Waals surface area contributed by atoms with Crippen molar-refractivity contribution in [1.82, 2.24) is 15.1 Å². The zero-order chi connectivity index (χ0) is 17.6. The van der Waals surface area contributed by atoms with Crippen LogP contribution in [0.15, 0.2) is 4.99 Å². The summed E-state index contributed by atoms with van der Waals surface area (Å²) in [6, 6.07) is 0.346. The third-order valence-corrected chi connectivity index (χ3v) is 5.22. The van der Waals surface area contributed by atoms with Gasteiger partial charge in [-0.25, -0.2) is 4.99 Å². The number of nitrogens with zero attached hydrogens (tertiary/aromatic N) is 3. The summed E-state index contributed by atoms with van der Waals surface area (Å²) in [4.78, 5) is 20.5. The maximum Gasteiger partial charge on any atom is 0.243 e. The molecule has 1 spiro atoms. The van der Waals surface area contributed by atoms with E-state index in [9.17, 15) is 4.79 Å². The van der Waals surface area contributed by atoms with Gasteiger partial charge in [-0.15, -0.1) is 24.0 Å². The molecule has 146 valence electrons. The fourth-order valence-electron chi connectivity index (χ4n) is 3.46. The molecule has 7 heteroatoms. The van der Waals surface area contributed by atoms with Crippen molar-refractivity contribution in [3.8, 4) is 0 Å². The standard InChI is InChI=1S/C18H34N4O2.HI/c1-5-15(2)20-17(19-12-16(23)21(3)4)22-10-6-8-18(13-22)9-7-11-24-14-18;/h15H,5-14H2,1-4H3,(H,19,20);1H. The number of hydrogen-bond donors (Lipinski definition) is 1. The maximum absolute atomic E-state index is 11.9. The summed E-state index contributed by atoms with van der Waals surface area (Å²) in [5, 5.41) is 3.52. The Morgan fingerprint density at radius 1 is 1.36 bits per heavy atom. The summed E-state index contributed by atoms with van der Waals surface area (Å²) in [7, 11) is 3.55. The minimum atomic E-state index is 0. The molecule has 0 saturated carbocycles. The fourth-order valence-corrected chi connectivity index (χ4v) is 3.46. The highest BCUT2D eigenvalue weighted by molar-refractivity contribution is 14.0. The van der Waals surface area contributed by atoms with E-state index in [1.165, 1.54) is 12.8 Å². The van der Waals surface area contributed by atoms with Gasteiger partial charge < -0.3 is 19.9 Å². The van der Waals surface area contributed by atoms with Gasteiger partial charge in [0.2, 0.25) is 5.91 Å². The number of carbonyl (C=O) groups excluding carboxylic acids is 1. The highest BCUT2D eigenvalue weighted by Gasteiger charge is 2.38. The summed E-state index contributed by atoms with van der Waals surface area (Å²) < 4.78 is 5.78. The van der Waals surface area contributed by atoms with Crippen molar-refractivity contribution in [1.29, 1.82) is 0 Å². The number of aliphatic imine (C=N–C) groups is 1. The van der Waals surface area contributed by atoms with E-state index >= 15 is 0 Å². The largest absolute Gasteiger partial charge is 0.381 e. The van der Waals surface area contributed by atoms with Crippen molar-refractivity contribution in [2.45, 2.75) is 52.0 Å². The van der Waals surface area contributed by atoms with Crippen molar-refractivity contribution in [3.63, 3.8) is 0 Å². The Hall–Kier alpha value is -0.570. The number of nitrogens with one attached hydrogen (secondary N) is 1. The van der Waals surface area contributed by atoms with Gasteiger partial charge in [0.15, 0.2) is 5.96 Å². The van der Waals surface area contributed by atoms with Crippen molar-refractivity contribution >= 4 is 35.8 Å². The van der Waals surface area contributed by atoms with Crippen LogP contribution in [0.4, 0.5) is 0 Å². The maximum atomic E-state index is 11.9. The topological polar surface area (TPSA) is 57.2 Å². The SMILES string of the molecule is CCC(C)NC(=NCC(=O)N(C)C)N1CCCC2(CCCOC2)C1.I. The predicted molar refractivity (Wildman–Crippen MR) is 113 cm³/mol. The molecule has 2 saturated heterocycles. The number of likely N-dealkylation sites (tertiary alicyclic amines) is 1. The van der Waals surface area contributed by atoms with Gasteiger partial charge in [-0.3, -0.25) is 4.79 Å². The highest BCUT2D eigenvalue weighted by atomic mass is 127. The quantitative estimate of drug-likeness (QED) is 0.393. The number of ether oxygens (including phenoxy) is 1. The summed E-state index contributed by atoms with van der Waals surface area (Å²) in [5.74, 6) is 0.912. The molecule has 0 aliphatic carbocycles. The lowest BCUT2D eigenvalue weighted by Gasteiger charge is -2.46. The molecule has 2 aliphatic rings. The van der Waals surface area contributed by atoms with Crippen LogP contribution >= 0.6 is 24.0 Å². The first kappa shape index (κ1) is 22.5. The van der Waals surface area contributed by atoms with Crippen LogP contribution in [0, 0.1) is 5.41 Å². The lowest BCUT2D eigenvalue weighted by molar-refractivity contribution is -0.127. The Balaban J connectivity index is 0.00000312. The van der Waals surface area contributed by atoms with E-state index in [-0.39, 0.29) is 41.8 Å². The Labute approximate surface area is 169 Å². The average Bonchev–Trinajstić information content (AvgIpc) is 2.58. The van der Waals surface area contributed by atoms with Gasteiger partial charge in [-0.05, 0) is 39.0 Å². The molecule has 0 aromatic heterocycles. The monoisotopic (exact) mass is 466 g/mol. The van der Waals surface area contributed by atoms with Gasteiger partial charge in [0, 0.05) is 45.2 Å². The second kappa shape index (κ2) is 10.5. The van der Waals surface area contributed by atoms with E-state index in [2.05, 4.69) is 29.1 Å². The molecule has 25 heavy (non-hydrogen) atoms. The smallest absolute Gasteiger partial charge is 0.243 e. The van der Waals surface area contributed by atoms with Crippen molar-refractivity contribution in [2.75, 3.05) is 46.9 Å². The summed E-state index contributed by atoms with van der Waals surface area (Å²) >= 11 is 0. The first-order chi connectivity index (χ1) is 11.5.